The van der Waals surface area contributed by atoms with Crippen LogP contribution in [0.15, 0.2) is 42.0 Å². The highest BCUT2D eigenvalue weighted by atomic mass is 31.2. The van der Waals surface area contributed by atoms with E-state index in [1.54, 1.807) is 37.3 Å². The van der Waals surface area contributed by atoms with Gasteiger partial charge < -0.3 is 9.26 Å². The van der Waals surface area contributed by atoms with Crippen LogP contribution in [-0.2, 0) is 27.9 Å². The Morgan fingerprint density at radius 1 is 1.19 bits per heavy atom. The van der Waals surface area contributed by atoms with Gasteiger partial charge in [-0.2, -0.15) is 0 Å². The van der Waals surface area contributed by atoms with Gasteiger partial charge in [-0.05, 0) is 26.0 Å². The summed E-state index contributed by atoms with van der Waals surface area (Å²) in [4.78, 5) is 27.4. The Labute approximate surface area is 157 Å². The van der Waals surface area contributed by atoms with E-state index in [0.717, 1.165) is 5.57 Å². The maximum Gasteiger partial charge on any atom is 0.339 e. The molecule has 0 N–H and O–H groups in total. The van der Waals surface area contributed by atoms with Crippen molar-refractivity contribution in [3.63, 3.8) is 0 Å². The lowest BCUT2D eigenvalue weighted by molar-refractivity contribution is -0.124. The predicted octanol–water partition coefficient (Wildman–Crippen LogP) is 2.76. The van der Waals surface area contributed by atoms with Gasteiger partial charge in [-0.25, -0.2) is 4.90 Å². The molecule has 0 spiro atoms. The fourth-order valence-electron chi connectivity index (χ4n) is 4.35. The summed E-state index contributed by atoms with van der Waals surface area (Å²) in [5, 5.41) is 0. The first-order valence-electron chi connectivity index (χ1n) is 8.94. The molecule has 144 valence electrons. The van der Waals surface area contributed by atoms with Crippen molar-refractivity contribution in [1.82, 2.24) is 0 Å². The highest BCUT2D eigenvalue weighted by molar-refractivity contribution is 7.55. The highest BCUT2D eigenvalue weighted by Crippen LogP contribution is 2.68. The number of methoxy groups -OCH3 is 1. The van der Waals surface area contributed by atoms with E-state index in [1.165, 1.54) is 12.0 Å². The minimum absolute atomic E-state index is 0.255. The zero-order valence-electron chi connectivity index (χ0n) is 15.4. The van der Waals surface area contributed by atoms with Crippen LogP contribution < -0.4 is 4.90 Å². The number of para-hydroxylation sites is 1. The molecule has 0 saturated carbocycles. The van der Waals surface area contributed by atoms with Crippen molar-refractivity contribution in [1.29, 1.82) is 0 Å². The molecule has 0 aromatic heterocycles. The van der Waals surface area contributed by atoms with Gasteiger partial charge in [0.2, 0.25) is 11.8 Å². The SMILES string of the molecule is COCC(C)OP1(=O)O[C@H]2C=C(C)[C@@H]1[C@@H]1C(=O)N(c3ccccc3)C(=O)[C@@H]12. The first kappa shape index (κ1) is 18.6. The Morgan fingerprint density at radius 3 is 2.52 bits per heavy atom. The fourth-order valence-corrected chi connectivity index (χ4v) is 7.05. The molecule has 8 heteroatoms. The van der Waals surface area contributed by atoms with Gasteiger partial charge in [0, 0.05) is 7.11 Å². The van der Waals surface area contributed by atoms with Gasteiger partial charge in [-0.15, -0.1) is 0 Å². The average Bonchev–Trinajstić information content (AvgIpc) is 2.87. The number of hydrogen-bond donors (Lipinski definition) is 0. The van der Waals surface area contributed by atoms with Gasteiger partial charge in [0.1, 0.15) is 0 Å². The second-order valence-electron chi connectivity index (χ2n) is 7.24. The van der Waals surface area contributed by atoms with Gasteiger partial charge in [0.15, 0.2) is 0 Å². The average molecular weight is 391 g/mol. The van der Waals surface area contributed by atoms with E-state index in [2.05, 4.69) is 0 Å². The number of imide groups is 1. The van der Waals surface area contributed by atoms with Gasteiger partial charge in [-0.3, -0.25) is 18.7 Å². The third-order valence-corrected chi connectivity index (χ3v) is 7.94. The molecular formula is C19H22NO6P. The van der Waals surface area contributed by atoms with Crippen molar-refractivity contribution in [2.45, 2.75) is 31.7 Å². The number of allylic oxidation sites excluding steroid dienone is 1. The van der Waals surface area contributed by atoms with E-state index in [-0.39, 0.29) is 18.4 Å². The monoisotopic (exact) mass is 391 g/mol. The molecule has 2 unspecified atom stereocenters. The summed E-state index contributed by atoms with van der Waals surface area (Å²) in [6, 6.07) is 8.79. The number of carbonyl (C=O) groups is 2. The van der Waals surface area contributed by atoms with Crippen LogP contribution in [0.2, 0.25) is 0 Å². The first-order chi connectivity index (χ1) is 12.9. The summed E-state index contributed by atoms with van der Waals surface area (Å²) < 4.78 is 30.1. The van der Waals surface area contributed by atoms with Crippen LogP contribution in [0.1, 0.15) is 13.8 Å². The van der Waals surface area contributed by atoms with Crippen LogP contribution in [0.3, 0.4) is 0 Å². The lowest BCUT2D eigenvalue weighted by atomic mass is 9.79. The molecule has 1 aromatic carbocycles. The summed E-state index contributed by atoms with van der Waals surface area (Å²) in [6.07, 6.45) is 0.612. The standard InChI is InChI=1S/C19H22NO6P/c1-11-9-14-15-16(17(11)27(23,26-14)25-12(2)10-24-3)19(22)20(18(15)21)13-7-5-4-6-8-13/h4-9,12,14-17H,10H2,1-3H3/t12?,14-,15+,16+,17+,27?/m0/s1. The van der Waals surface area contributed by atoms with Gasteiger partial charge in [0.25, 0.3) is 0 Å². The van der Waals surface area contributed by atoms with Crippen LogP contribution in [0.4, 0.5) is 5.69 Å². The number of nitrogens with zero attached hydrogens (tertiary/aromatic N) is 1. The number of rotatable bonds is 5. The molecule has 2 saturated heterocycles. The molecule has 1 aliphatic carbocycles. The predicted molar refractivity (Wildman–Crippen MR) is 98.4 cm³/mol. The van der Waals surface area contributed by atoms with Crippen molar-refractivity contribution in [3.05, 3.63) is 42.0 Å². The minimum Gasteiger partial charge on any atom is -0.382 e. The number of hydrogen-bond acceptors (Lipinski definition) is 6. The maximum absolute atomic E-state index is 13.5. The van der Waals surface area contributed by atoms with E-state index in [9.17, 15) is 14.2 Å². The van der Waals surface area contributed by atoms with Crippen LogP contribution in [0, 0.1) is 11.8 Å². The maximum atomic E-state index is 13.5. The summed E-state index contributed by atoms with van der Waals surface area (Å²) in [6.45, 7) is 3.81. The van der Waals surface area contributed by atoms with Crippen LogP contribution in [-0.4, -0.2) is 43.4 Å². The summed E-state index contributed by atoms with van der Waals surface area (Å²) in [5.74, 6) is -2.06. The summed E-state index contributed by atoms with van der Waals surface area (Å²) in [7, 11) is -2.09. The lowest BCUT2D eigenvalue weighted by Crippen LogP contribution is -2.48. The summed E-state index contributed by atoms with van der Waals surface area (Å²) >= 11 is 0. The van der Waals surface area contributed by atoms with E-state index in [4.69, 9.17) is 13.8 Å². The summed E-state index contributed by atoms with van der Waals surface area (Å²) in [5.41, 5.74) is 0.538. The normalized spacial score (nSPS) is 36.0. The second-order valence-corrected chi connectivity index (χ2v) is 9.29. The fraction of sp³-hybridized carbons (Fsp3) is 0.474. The van der Waals surface area contributed by atoms with Crippen LogP contribution >= 0.6 is 7.60 Å². The molecule has 0 radical (unpaired) electrons. The molecular weight excluding hydrogens is 369 g/mol. The van der Waals surface area contributed by atoms with Crippen molar-refractivity contribution >= 4 is 25.1 Å². The molecule has 7 nitrogen and oxygen atoms in total. The first-order valence-corrected chi connectivity index (χ1v) is 10.5. The molecule has 2 fully saturated rings. The van der Waals surface area contributed by atoms with Crippen molar-refractivity contribution in [2.24, 2.45) is 11.8 Å². The third kappa shape index (κ3) is 2.81. The third-order valence-electron chi connectivity index (χ3n) is 5.34. The molecule has 1 aromatic rings. The topological polar surface area (TPSA) is 82.1 Å². The Kier molecular flexibility index (Phi) is 4.59. The Morgan fingerprint density at radius 2 is 1.85 bits per heavy atom. The molecule has 2 bridgehead atoms. The molecule has 3 heterocycles. The van der Waals surface area contributed by atoms with Gasteiger partial charge in [0.05, 0.1) is 42.0 Å². The largest absolute Gasteiger partial charge is 0.382 e. The number of benzene rings is 1. The van der Waals surface area contributed by atoms with E-state index in [1.807, 2.05) is 13.0 Å². The van der Waals surface area contributed by atoms with Crippen molar-refractivity contribution in [3.8, 4) is 0 Å². The van der Waals surface area contributed by atoms with Gasteiger partial charge >= 0.3 is 7.60 Å². The van der Waals surface area contributed by atoms with E-state index >= 15 is 0 Å². The number of anilines is 1. The molecule has 4 aliphatic rings. The zero-order valence-corrected chi connectivity index (χ0v) is 16.3. The minimum atomic E-state index is -3.62. The Balaban J connectivity index is 1.71. The van der Waals surface area contributed by atoms with Crippen LogP contribution in [0.25, 0.3) is 0 Å². The number of carbonyl (C=O) groups excluding carboxylic acids is 2. The number of fused-ring (bicyclic) bond motifs is 1. The smallest absolute Gasteiger partial charge is 0.339 e. The zero-order chi connectivity index (χ0) is 19.3. The molecule has 5 rings (SSSR count). The number of ether oxygens (including phenoxy) is 1. The van der Waals surface area contributed by atoms with Crippen LogP contribution in [0.5, 0.6) is 0 Å². The van der Waals surface area contributed by atoms with E-state index < -0.39 is 37.3 Å². The lowest BCUT2D eigenvalue weighted by Gasteiger charge is -2.45. The van der Waals surface area contributed by atoms with Crippen molar-refractivity contribution < 1.29 is 27.9 Å². The van der Waals surface area contributed by atoms with Gasteiger partial charge in [-0.1, -0.05) is 29.8 Å². The Hall–Kier alpha value is -1.79. The molecule has 27 heavy (non-hydrogen) atoms. The molecule has 6 atom stereocenters. The number of amides is 2. The quantitative estimate of drug-likeness (QED) is 0.436. The second kappa shape index (κ2) is 6.67. The highest BCUT2D eigenvalue weighted by Gasteiger charge is 2.66. The molecule has 2 amide bonds. The van der Waals surface area contributed by atoms with E-state index in [0.29, 0.717) is 5.69 Å². The van der Waals surface area contributed by atoms with Crippen molar-refractivity contribution in [2.75, 3.05) is 18.6 Å². The Bertz CT molecular complexity index is 853. The molecule has 3 aliphatic heterocycles.